The van der Waals surface area contributed by atoms with Gasteiger partial charge in [-0.05, 0) is 30.0 Å². The zero-order valence-corrected chi connectivity index (χ0v) is 15.9. The first-order valence-corrected chi connectivity index (χ1v) is 9.90. The summed E-state index contributed by atoms with van der Waals surface area (Å²) in [5.41, 5.74) is 1.78. The number of thiophene rings is 1. The highest BCUT2D eigenvalue weighted by atomic mass is 32.1. The summed E-state index contributed by atoms with van der Waals surface area (Å²) in [4.78, 5) is 15.6. The molecule has 1 aliphatic heterocycles. The minimum atomic E-state index is -0.546. The van der Waals surface area contributed by atoms with Crippen LogP contribution in [0.3, 0.4) is 0 Å². The van der Waals surface area contributed by atoms with Gasteiger partial charge in [0.15, 0.2) is 11.9 Å². The Kier molecular flexibility index (Phi) is 5.11. The van der Waals surface area contributed by atoms with Crippen LogP contribution in [0.5, 0.6) is 5.75 Å². The van der Waals surface area contributed by atoms with E-state index in [0.717, 1.165) is 28.4 Å². The summed E-state index contributed by atoms with van der Waals surface area (Å²) in [5, 5.41) is 9.13. The number of anilines is 1. The Balaban J connectivity index is 1.54. The number of nitrogens with one attached hydrogen (secondary N) is 1. The van der Waals surface area contributed by atoms with Gasteiger partial charge in [0.1, 0.15) is 11.4 Å². The molecule has 1 atom stereocenters. The van der Waals surface area contributed by atoms with Crippen LogP contribution in [0.1, 0.15) is 19.0 Å². The topological polar surface area (TPSA) is 67.6 Å². The largest absolute Gasteiger partial charge is 0.477 e. The lowest BCUT2D eigenvalue weighted by molar-refractivity contribution is -0.127. The molecule has 1 amide bonds. The third kappa shape index (κ3) is 3.83. The highest BCUT2D eigenvalue weighted by molar-refractivity contribution is 7.13. The zero-order chi connectivity index (χ0) is 18.6. The molecule has 0 aliphatic carbocycles. The van der Waals surface area contributed by atoms with E-state index in [4.69, 9.17) is 9.26 Å². The average molecular weight is 383 g/mol. The van der Waals surface area contributed by atoms with E-state index in [9.17, 15) is 4.79 Å². The summed E-state index contributed by atoms with van der Waals surface area (Å²) in [6, 6.07) is 13.7. The van der Waals surface area contributed by atoms with Crippen molar-refractivity contribution >= 4 is 22.9 Å². The van der Waals surface area contributed by atoms with Crippen LogP contribution in [0.4, 0.5) is 5.69 Å². The lowest BCUT2D eigenvalue weighted by Gasteiger charge is -2.35. The monoisotopic (exact) mass is 383 g/mol. The second kappa shape index (κ2) is 7.84. The first-order chi connectivity index (χ1) is 13.2. The predicted molar refractivity (Wildman–Crippen MR) is 105 cm³/mol. The molecule has 0 unspecified atom stereocenters. The Bertz CT molecular complexity index is 907. The van der Waals surface area contributed by atoms with Crippen molar-refractivity contribution in [3.63, 3.8) is 0 Å². The van der Waals surface area contributed by atoms with E-state index in [-0.39, 0.29) is 5.91 Å². The number of rotatable bonds is 6. The summed E-state index contributed by atoms with van der Waals surface area (Å²) in [7, 11) is 0. The Labute approximate surface area is 161 Å². The van der Waals surface area contributed by atoms with E-state index in [1.807, 2.05) is 54.8 Å². The first kappa shape index (κ1) is 17.6. The molecule has 2 aromatic heterocycles. The van der Waals surface area contributed by atoms with Crippen LogP contribution >= 0.6 is 11.3 Å². The molecule has 27 heavy (non-hydrogen) atoms. The standard InChI is InChI=1S/C20H21N3O3S/c1-2-9-21-20(24)18-13-23(15-6-3-4-7-16(15)25-18)12-14-11-17(26-22-14)19-8-5-10-27-19/h3-8,10-11,18H,2,9,12-13H2,1H3,(H,21,24)/t18-/m1/s1. The molecule has 0 saturated carbocycles. The van der Waals surface area contributed by atoms with Crippen LogP contribution in [-0.4, -0.2) is 30.3 Å². The lowest BCUT2D eigenvalue weighted by Crippen LogP contribution is -2.48. The Hall–Kier alpha value is -2.80. The number of ether oxygens (including phenoxy) is 1. The maximum absolute atomic E-state index is 12.4. The highest BCUT2D eigenvalue weighted by Crippen LogP contribution is 2.34. The van der Waals surface area contributed by atoms with Crippen LogP contribution in [0, 0.1) is 0 Å². The Morgan fingerprint density at radius 2 is 2.22 bits per heavy atom. The van der Waals surface area contributed by atoms with Gasteiger partial charge in [0.25, 0.3) is 5.91 Å². The molecule has 7 heteroatoms. The third-order valence-electron chi connectivity index (χ3n) is 4.38. The van der Waals surface area contributed by atoms with Gasteiger partial charge in [0.05, 0.1) is 23.7 Å². The van der Waals surface area contributed by atoms with Crippen molar-refractivity contribution in [1.82, 2.24) is 10.5 Å². The number of para-hydroxylation sites is 2. The molecule has 1 aromatic carbocycles. The molecule has 0 spiro atoms. The second-order valence-corrected chi connectivity index (χ2v) is 7.35. The molecule has 0 radical (unpaired) electrons. The number of fused-ring (bicyclic) bond motifs is 1. The molecule has 3 heterocycles. The molecule has 0 fully saturated rings. The van der Waals surface area contributed by atoms with E-state index in [2.05, 4.69) is 15.4 Å². The molecule has 140 valence electrons. The van der Waals surface area contributed by atoms with E-state index in [1.54, 1.807) is 11.3 Å². The fourth-order valence-corrected chi connectivity index (χ4v) is 3.75. The summed E-state index contributed by atoms with van der Waals surface area (Å²) in [6.07, 6.45) is 0.346. The van der Waals surface area contributed by atoms with E-state index in [0.29, 0.717) is 25.4 Å². The van der Waals surface area contributed by atoms with Crippen LogP contribution in [-0.2, 0) is 11.3 Å². The van der Waals surface area contributed by atoms with Crippen molar-refractivity contribution in [3.05, 3.63) is 53.5 Å². The summed E-state index contributed by atoms with van der Waals surface area (Å²) >= 11 is 1.62. The smallest absolute Gasteiger partial charge is 0.262 e. The van der Waals surface area contributed by atoms with Gasteiger partial charge in [-0.25, -0.2) is 0 Å². The number of hydrogen-bond acceptors (Lipinski definition) is 6. The minimum absolute atomic E-state index is 0.0872. The van der Waals surface area contributed by atoms with E-state index in [1.165, 1.54) is 0 Å². The summed E-state index contributed by atoms with van der Waals surface area (Å²) in [6.45, 7) is 3.69. The third-order valence-corrected chi connectivity index (χ3v) is 5.26. The predicted octanol–water partition coefficient (Wildman–Crippen LogP) is 3.70. The van der Waals surface area contributed by atoms with Gasteiger partial charge in [0.2, 0.25) is 0 Å². The van der Waals surface area contributed by atoms with Crippen molar-refractivity contribution in [2.45, 2.75) is 26.0 Å². The van der Waals surface area contributed by atoms with Gasteiger partial charge < -0.3 is 19.5 Å². The quantitative estimate of drug-likeness (QED) is 0.703. The number of carbonyl (C=O) groups excluding carboxylic acids is 1. The van der Waals surface area contributed by atoms with Gasteiger partial charge in [-0.1, -0.05) is 30.3 Å². The Morgan fingerprint density at radius 1 is 1.33 bits per heavy atom. The average Bonchev–Trinajstić information content (AvgIpc) is 3.37. The number of carbonyl (C=O) groups is 1. The SMILES string of the molecule is CCCNC(=O)[C@H]1CN(Cc2cc(-c3cccs3)on2)c2ccccc2O1. The molecule has 0 saturated heterocycles. The molecule has 0 bridgehead atoms. The maximum Gasteiger partial charge on any atom is 0.262 e. The van der Waals surface area contributed by atoms with Crippen molar-refractivity contribution in [1.29, 1.82) is 0 Å². The summed E-state index contributed by atoms with van der Waals surface area (Å²) in [5.74, 6) is 1.39. The first-order valence-electron chi connectivity index (χ1n) is 9.02. The Morgan fingerprint density at radius 3 is 3.04 bits per heavy atom. The molecule has 1 aliphatic rings. The number of benzene rings is 1. The van der Waals surface area contributed by atoms with Crippen LogP contribution < -0.4 is 15.0 Å². The maximum atomic E-state index is 12.4. The van der Waals surface area contributed by atoms with Crippen molar-refractivity contribution in [2.75, 3.05) is 18.0 Å². The van der Waals surface area contributed by atoms with Crippen LogP contribution in [0.2, 0.25) is 0 Å². The van der Waals surface area contributed by atoms with Crippen molar-refractivity contribution < 1.29 is 14.1 Å². The van der Waals surface area contributed by atoms with Gasteiger partial charge in [-0.15, -0.1) is 11.3 Å². The van der Waals surface area contributed by atoms with Gasteiger partial charge in [-0.2, -0.15) is 0 Å². The molecular weight excluding hydrogens is 362 g/mol. The molecule has 1 N–H and O–H groups in total. The number of amides is 1. The minimum Gasteiger partial charge on any atom is -0.477 e. The fraction of sp³-hybridized carbons (Fsp3) is 0.300. The zero-order valence-electron chi connectivity index (χ0n) is 15.1. The molecule has 4 rings (SSSR count). The lowest BCUT2D eigenvalue weighted by atomic mass is 10.1. The fourth-order valence-electron chi connectivity index (χ4n) is 3.07. The van der Waals surface area contributed by atoms with Crippen molar-refractivity contribution in [3.8, 4) is 16.4 Å². The summed E-state index contributed by atoms with van der Waals surface area (Å²) < 4.78 is 11.4. The van der Waals surface area contributed by atoms with Crippen LogP contribution in [0.15, 0.2) is 52.4 Å². The number of nitrogens with zero attached hydrogens (tertiary/aromatic N) is 2. The van der Waals surface area contributed by atoms with Gasteiger partial charge in [-0.3, -0.25) is 4.79 Å². The van der Waals surface area contributed by atoms with Crippen molar-refractivity contribution in [2.24, 2.45) is 0 Å². The second-order valence-electron chi connectivity index (χ2n) is 6.41. The van der Waals surface area contributed by atoms with E-state index < -0.39 is 6.10 Å². The molecular formula is C20H21N3O3S. The molecule has 6 nitrogen and oxygen atoms in total. The normalized spacial score (nSPS) is 15.9. The van der Waals surface area contributed by atoms with Crippen LogP contribution in [0.25, 0.3) is 10.6 Å². The van der Waals surface area contributed by atoms with Gasteiger partial charge in [0, 0.05) is 12.6 Å². The highest BCUT2D eigenvalue weighted by Gasteiger charge is 2.31. The number of aromatic nitrogens is 1. The van der Waals surface area contributed by atoms with E-state index >= 15 is 0 Å². The number of hydrogen-bond donors (Lipinski definition) is 1. The molecule has 3 aromatic rings. The van der Waals surface area contributed by atoms with Gasteiger partial charge >= 0.3 is 0 Å².